The molecule has 0 aliphatic carbocycles. The lowest BCUT2D eigenvalue weighted by atomic mass is 10.5. The largest absolute Gasteiger partial charge is 0.298 e. The average molecular weight is 126 g/mol. The molecule has 0 aromatic carbocycles. The Kier molecular flexibility index (Phi) is 3.31. The molecule has 4 heteroatoms. The summed E-state index contributed by atoms with van der Waals surface area (Å²) in [5.41, 5.74) is 0. The highest BCUT2D eigenvalue weighted by Gasteiger charge is 1.91. The van der Waals surface area contributed by atoms with Crippen molar-refractivity contribution in [2.75, 3.05) is 7.05 Å². The molecule has 50 valence electrons. The summed E-state index contributed by atoms with van der Waals surface area (Å²) in [5, 5.41) is 7.88. The summed E-state index contributed by atoms with van der Waals surface area (Å²) in [6.07, 6.45) is 2.39. The van der Waals surface area contributed by atoms with Crippen molar-refractivity contribution in [3.8, 4) is 0 Å². The van der Waals surface area contributed by atoms with Gasteiger partial charge in [-0.05, 0) is 6.08 Å². The molecule has 9 heavy (non-hydrogen) atoms. The molecule has 0 aliphatic rings. The van der Waals surface area contributed by atoms with Crippen LogP contribution in [0.2, 0.25) is 0 Å². The number of hydrogen-bond donors (Lipinski definition) is 2. The Balaban J connectivity index is 4.13. The van der Waals surface area contributed by atoms with Crippen LogP contribution in [0.5, 0.6) is 0 Å². The highest BCUT2D eigenvalue weighted by atomic mass is 15.4. The minimum Gasteiger partial charge on any atom is -0.298 e. The number of hydrogen-bond acceptors (Lipinski definition) is 2. The molecule has 4 nitrogen and oxygen atoms in total. The quantitative estimate of drug-likeness (QED) is 0.236. The maximum Gasteiger partial charge on any atom is 0.143 e. The first-order chi connectivity index (χ1) is 4.22. The van der Waals surface area contributed by atoms with Gasteiger partial charge in [0.1, 0.15) is 12.2 Å². The first-order valence-corrected chi connectivity index (χ1v) is 2.40. The summed E-state index contributed by atoms with van der Waals surface area (Å²) < 4.78 is 0. The standard InChI is InChI=1S/C5H10N4/c1-3-5(8-4-6)9(2)7/h3-4,6H,1,7H2,2H3. The van der Waals surface area contributed by atoms with Gasteiger partial charge < -0.3 is 0 Å². The van der Waals surface area contributed by atoms with Crippen LogP contribution in [0, 0.1) is 5.41 Å². The van der Waals surface area contributed by atoms with Crippen LogP contribution in [0.4, 0.5) is 0 Å². The van der Waals surface area contributed by atoms with Gasteiger partial charge in [-0.2, -0.15) is 0 Å². The zero-order chi connectivity index (χ0) is 7.28. The minimum atomic E-state index is 0.477. The van der Waals surface area contributed by atoms with Crippen LogP contribution in [0.3, 0.4) is 0 Å². The maximum atomic E-state index is 6.59. The summed E-state index contributed by atoms with van der Waals surface area (Å²) in [7, 11) is 1.63. The number of nitrogens with one attached hydrogen (secondary N) is 1. The monoisotopic (exact) mass is 126 g/mol. The van der Waals surface area contributed by atoms with Gasteiger partial charge in [-0.3, -0.25) is 10.4 Å². The van der Waals surface area contributed by atoms with Gasteiger partial charge in [0.2, 0.25) is 0 Å². The molecular weight excluding hydrogens is 116 g/mol. The van der Waals surface area contributed by atoms with Crippen molar-refractivity contribution in [1.82, 2.24) is 5.01 Å². The molecule has 0 aromatic heterocycles. The second-order valence-corrected chi connectivity index (χ2v) is 1.43. The zero-order valence-corrected chi connectivity index (χ0v) is 5.33. The third-order valence-corrected chi connectivity index (χ3v) is 0.741. The molecule has 0 saturated carbocycles. The lowest BCUT2D eigenvalue weighted by Crippen LogP contribution is -2.31. The predicted molar refractivity (Wildman–Crippen MR) is 38.4 cm³/mol. The SMILES string of the molecule is C=CC(=NC=N)N(C)N. The van der Waals surface area contributed by atoms with Gasteiger partial charge >= 0.3 is 0 Å². The molecule has 0 radical (unpaired) electrons. The van der Waals surface area contributed by atoms with Crippen molar-refractivity contribution >= 4 is 12.2 Å². The van der Waals surface area contributed by atoms with Crippen molar-refractivity contribution in [3.63, 3.8) is 0 Å². The molecular formula is C5H10N4. The van der Waals surface area contributed by atoms with Crippen LogP contribution in [-0.4, -0.2) is 24.2 Å². The minimum absolute atomic E-state index is 0.477. The van der Waals surface area contributed by atoms with E-state index in [-0.39, 0.29) is 0 Å². The molecule has 0 rings (SSSR count). The van der Waals surface area contributed by atoms with Gasteiger partial charge in [-0.1, -0.05) is 6.58 Å². The van der Waals surface area contributed by atoms with Crippen LogP contribution in [0.15, 0.2) is 17.6 Å². The molecule has 0 unspecified atom stereocenters. The summed E-state index contributed by atoms with van der Waals surface area (Å²) >= 11 is 0. The molecule has 0 amide bonds. The highest BCUT2D eigenvalue weighted by Crippen LogP contribution is 1.78. The smallest absolute Gasteiger partial charge is 0.143 e. The molecule has 0 heterocycles. The van der Waals surface area contributed by atoms with E-state index in [1.165, 1.54) is 11.1 Å². The maximum absolute atomic E-state index is 6.59. The van der Waals surface area contributed by atoms with Crippen LogP contribution in [-0.2, 0) is 0 Å². The number of likely N-dealkylation sites (N-methyl/N-ethyl adjacent to an activating group) is 1. The Bertz CT molecular complexity index is 136. The highest BCUT2D eigenvalue weighted by molar-refractivity contribution is 5.96. The average Bonchev–Trinajstić information content (AvgIpc) is 1.82. The number of rotatable bonds is 2. The molecule has 0 spiro atoms. The van der Waals surface area contributed by atoms with E-state index in [2.05, 4.69) is 11.6 Å². The molecule has 0 aliphatic heterocycles. The van der Waals surface area contributed by atoms with E-state index >= 15 is 0 Å². The second kappa shape index (κ2) is 3.80. The van der Waals surface area contributed by atoms with Gasteiger partial charge in [0, 0.05) is 7.05 Å². The number of nitrogens with two attached hydrogens (primary N) is 1. The van der Waals surface area contributed by atoms with E-state index < -0.39 is 0 Å². The van der Waals surface area contributed by atoms with Gasteiger partial charge in [-0.25, -0.2) is 10.8 Å². The fourth-order valence-electron chi connectivity index (χ4n) is 0.354. The van der Waals surface area contributed by atoms with E-state index in [4.69, 9.17) is 11.3 Å². The number of amidine groups is 1. The summed E-state index contributed by atoms with van der Waals surface area (Å²) in [4.78, 5) is 3.58. The normalized spacial score (nSPS) is 10.7. The van der Waals surface area contributed by atoms with E-state index in [1.807, 2.05) is 0 Å². The Labute approximate surface area is 54.2 Å². The van der Waals surface area contributed by atoms with Gasteiger partial charge in [-0.15, -0.1) is 0 Å². The molecule has 0 bridgehead atoms. The fraction of sp³-hybridized carbons (Fsp3) is 0.200. The molecule has 0 fully saturated rings. The zero-order valence-electron chi connectivity index (χ0n) is 5.33. The fourth-order valence-corrected chi connectivity index (χ4v) is 0.354. The summed E-state index contributed by atoms with van der Waals surface area (Å²) in [5.74, 6) is 5.74. The van der Waals surface area contributed by atoms with Crippen molar-refractivity contribution in [2.45, 2.75) is 0 Å². The van der Waals surface area contributed by atoms with Crippen LogP contribution in [0.25, 0.3) is 0 Å². The first-order valence-electron chi connectivity index (χ1n) is 2.40. The van der Waals surface area contributed by atoms with Crippen LogP contribution >= 0.6 is 0 Å². The summed E-state index contributed by atoms with van der Waals surface area (Å²) in [6.45, 7) is 3.45. The number of hydrazine groups is 1. The predicted octanol–water partition coefficient (Wildman–Crippen LogP) is -0.0165. The Morgan fingerprint density at radius 1 is 1.89 bits per heavy atom. The van der Waals surface area contributed by atoms with Gasteiger partial charge in [0.05, 0.1) is 0 Å². The van der Waals surface area contributed by atoms with Crippen molar-refractivity contribution in [3.05, 3.63) is 12.7 Å². The molecule has 0 aromatic rings. The first kappa shape index (κ1) is 7.84. The van der Waals surface area contributed by atoms with E-state index in [0.29, 0.717) is 5.84 Å². The van der Waals surface area contributed by atoms with Crippen molar-refractivity contribution < 1.29 is 0 Å². The molecule has 3 N–H and O–H groups in total. The Hall–Kier alpha value is -1.16. The summed E-state index contributed by atoms with van der Waals surface area (Å²) in [6, 6.07) is 0. The van der Waals surface area contributed by atoms with E-state index in [1.54, 1.807) is 7.05 Å². The Morgan fingerprint density at radius 2 is 2.44 bits per heavy atom. The third-order valence-electron chi connectivity index (χ3n) is 0.741. The molecule has 0 atom stereocenters. The van der Waals surface area contributed by atoms with Crippen molar-refractivity contribution in [2.24, 2.45) is 10.8 Å². The van der Waals surface area contributed by atoms with Gasteiger partial charge in [0.25, 0.3) is 0 Å². The lowest BCUT2D eigenvalue weighted by molar-refractivity contribution is 0.543. The third kappa shape index (κ3) is 2.61. The Morgan fingerprint density at radius 3 is 2.56 bits per heavy atom. The van der Waals surface area contributed by atoms with E-state index in [9.17, 15) is 0 Å². The van der Waals surface area contributed by atoms with Crippen LogP contribution in [0.1, 0.15) is 0 Å². The topological polar surface area (TPSA) is 65.5 Å². The second-order valence-electron chi connectivity index (χ2n) is 1.43. The van der Waals surface area contributed by atoms with E-state index in [0.717, 1.165) is 6.34 Å². The van der Waals surface area contributed by atoms with Crippen molar-refractivity contribution in [1.29, 1.82) is 5.41 Å². The number of nitrogens with zero attached hydrogens (tertiary/aromatic N) is 2. The lowest BCUT2D eigenvalue weighted by Gasteiger charge is -2.08. The number of aliphatic imine (C=N–C) groups is 1. The van der Waals surface area contributed by atoms with Gasteiger partial charge in [0.15, 0.2) is 0 Å². The molecule has 0 saturated heterocycles. The van der Waals surface area contributed by atoms with Crippen LogP contribution < -0.4 is 5.84 Å².